The number of nitrogens with one attached hydrogen (secondary N) is 4. The summed E-state index contributed by atoms with van der Waals surface area (Å²) < 4.78 is 0. The Morgan fingerprint density at radius 3 is 2.58 bits per heavy atom. The van der Waals surface area contributed by atoms with E-state index in [2.05, 4.69) is 41.2 Å². The van der Waals surface area contributed by atoms with E-state index in [1.54, 1.807) is 48.5 Å². The average Bonchev–Trinajstić information content (AvgIpc) is 3.11. The van der Waals surface area contributed by atoms with Gasteiger partial charge >= 0.3 is 6.03 Å². The lowest BCUT2D eigenvalue weighted by Crippen LogP contribution is -2.39. The highest BCUT2D eigenvalue weighted by Crippen LogP contribution is 2.31. The van der Waals surface area contributed by atoms with Gasteiger partial charge in [-0.1, -0.05) is 48.6 Å². The molecule has 0 saturated carbocycles. The van der Waals surface area contributed by atoms with Crippen LogP contribution in [0.3, 0.4) is 0 Å². The fourth-order valence-electron chi connectivity index (χ4n) is 5.12. The van der Waals surface area contributed by atoms with E-state index < -0.39 is 12.3 Å². The number of carbonyl (C=O) groups excluding carboxylic acids is 2. The first-order chi connectivity index (χ1) is 23.2. The van der Waals surface area contributed by atoms with Crippen LogP contribution in [0.5, 0.6) is 0 Å². The molecule has 3 amide bonds. The molecule has 0 radical (unpaired) electrons. The van der Waals surface area contributed by atoms with Gasteiger partial charge in [-0.3, -0.25) is 25.0 Å². The van der Waals surface area contributed by atoms with Crippen molar-refractivity contribution < 1.29 is 14.7 Å². The van der Waals surface area contributed by atoms with E-state index in [1.807, 2.05) is 74.5 Å². The summed E-state index contributed by atoms with van der Waals surface area (Å²) in [6, 6.07) is 17.9. The summed E-state index contributed by atoms with van der Waals surface area (Å²) in [7, 11) is 0. The minimum Gasteiger partial charge on any atom is -0.369 e. The van der Waals surface area contributed by atoms with Gasteiger partial charge in [-0.15, -0.1) is 0 Å². The summed E-state index contributed by atoms with van der Waals surface area (Å²) in [6.45, 7) is 5.80. The Morgan fingerprint density at radius 2 is 1.79 bits per heavy atom. The number of aliphatic hydroxyl groups excluding tert-OH is 1. The Hall–Kier alpha value is -6.14. The highest BCUT2D eigenvalue weighted by molar-refractivity contribution is 6.09. The fraction of sp³-hybridized carbons (Fsp3) is 0.167. The summed E-state index contributed by atoms with van der Waals surface area (Å²) in [5.41, 5.74) is 6.48. The van der Waals surface area contributed by atoms with Gasteiger partial charge < -0.3 is 21.1 Å². The summed E-state index contributed by atoms with van der Waals surface area (Å²) in [5.74, 6) is 0.496. The molecule has 242 valence electrons. The lowest BCUT2D eigenvalue weighted by Gasteiger charge is -2.30. The second-order valence-electron chi connectivity index (χ2n) is 11.4. The first-order valence-electron chi connectivity index (χ1n) is 15.4. The maximum atomic E-state index is 13.3. The van der Waals surface area contributed by atoms with E-state index in [4.69, 9.17) is 0 Å². The number of carbonyl (C=O) groups is 2. The van der Waals surface area contributed by atoms with E-state index in [0.717, 1.165) is 28.1 Å². The number of fused-ring (bicyclic) bond motifs is 1. The average molecular weight is 642 g/mol. The number of hydrogen-bond acceptors (Lipinski definition) is 9. The third-order valence-electron chi connectivity index (χ3n) is 7.78. The molecule has 0 spiro atoms. The van der Waals surface area contributed by atoms with Crippen molar-refractivity contribution in [1.29, 1.82) is 0 Å². The number of aliphatic hydroxyl groups is 1. The SMILES string of the molecule is Cc1ccc(Nc2ncc3c(n2)NC(=O)N(c2cc(NC(O)C4=C/C=C/C(c5ccccc5)=N[C@@H](C)C(=O)NC=C4)ccc2C)C3)cn1. The second kappa shape index (κ2) is 14.1. The molecule has 12 nitrogen and oxygen atoms in total. The molecule has 2 aliphatic heterocycles. The van der Waals surface area contributed by atoms with Gasteiger partial charge in [0.25, 0.3) is 0 Å². The molecule has 2 aromatic carbocycles. The van der Waals surface area contributed by atoms with Crippen molar-refractivity contribution in [2.45, 2.75) is 39.6 Å². The van der Waals surface area contributed by atoms with Crippen molar-refractivity contribution >= 4 is 46.5 Å². The van der Waals surface area contributed by atoms with Crippen LogP contribution in [-0.2, 0) is 11.3 Å². The van der Waals surface area contributed by atoms with Gasteiger partial charge in [-0.25, -0.2) is 9.78 Å². The predicted octanol–water partition coefficient (Wildman–Crippen LogP) is 5.52. The molecule has 0 bridgehead atoms. The first kappa shape index (κ1) is 31.8. The zero-order valence-electron chi connectivity index (χ0n) is 26.7. The fourth-order valence-corrected chi connectivity index (χ4v) is 5.12. The molecule has 5 N–H and O–H groups in total. The molecule has 12 heteroatoms. The molecule has 2 atom stereocenters. The maximum Gasteiger partial charge on any atom is 0.327 e. The van der Waals surface area contributed by atoms with Crippen molar-refractivity contribution in [3.63, 3.8) is 0 Å². The summed E-state index contributed by atoms with van der Waals surface area (Å²) in [6.07, 6.45) is 10.7. The van der Waals surface area contributed by atoms with E-state index >= 15 is 0 Å². The van der Waals surface area contributed by atoms with Crippen LogP contribution in [0.25, 0.3) is 0 Å². The van der Waals surface area contributed by atoms with Gasteiger partial charge in [0.2, 0.25) is 11.9 Å². The Balaban J connectivity index is 1.19. The molecule has 6 rings (SSSR count). The van der Waals surface area contributed by atoms with E-state index in [1.165, 1.54) is 6.20 Å². The van der Waals surface area contributed by atoms with Crippen molar-refractivity contribution in [3.05, 3.63) is 132 Å². The van der Waals surface area contributed by atoms with Crippen LogP contribution >= 0.6 is 0 Å². The number of benzene rings is 2. The number of aromatic nitrogens is 3. The number of hydrogen-bond donors (Lipinski definition) is 5. The van der Waals surface area contributed by atoms with Crippen LogP contribution < -0.4 is 26.2 Å². The van der Waals surface area contributed by atoms with Crippen LogP contribution in [0.4, 0.5) is 33.6 Å². The quantitative estimate of drug-likeness (QED) is 0.165. The number of rotatable bonds is 7. The normalized spacial score (nSPS) is 17.5. The molecule has 0 saturated heterocycles. The molecule has 0 aliphatic carbocycles. The molecule has 48 heavy (non-hydrogen) atoms. The van der Waals surface area contributed by atoms with Gasteiger partial charge in [0.15, 0.2) is 6.23 Å². The molecular formula is C36H35N9O3. The lowest BCUT2D eigenvalue weighted by molar-refractivity contribution is -0.120. The second-order valence-corrected chi connectivity index (χ2v) is 11.4. The van der Waals surface area contributed by atoms with Crippen molar-refractivity contribution in [2.24, 2.45) is 4.99 Å². The van der Waals surface area contributed by atoms with Crippen LogP contribution in [0.2, 0.25) is 0 Å². The van der Waals surface area contributed by atoms with Gasteiger partial charge in [0.05, 0.1) is 29.8 Å². The summed E-state index contributed by atoms with van der Waals surface area (Å²) >= 11 is 0. The van der Waals surface area contributed by atoms with E-state index in [0.29, 0.717) is 34.4 Å². The topological polar surface area (TPSA) is 157 Å². The monoisotopic (exact) mass is 641 g/mol. The smallest absolute Gasteiger partial charge is 0.327 e. The lowest BCUT2D eigenvalue weighted by atomic mass is 10.1. The highest BCUT2D eigenvalue weighted by atomic mass is 16.3. The van der Waals surface area contributed by atoms with Crippen molar-refractivity contribution in [2.75, 3.05) is 20.9 Å². The third kappa shape index (κ3) is 7.45. The number of amides is 3. The Labute approximate surface area is 278 Å². The van der Waals surface area contributed by atoms with Gasteiger partial charge in [-0.2, -0.15) is 4.98 Å². The number of urea groups is 1. The van der Waals surface area contributed by atoms with E-state index in [9.17, 15) is 14.7 Å². The van der Waals surface area contributed by atoms with Gasteiger partial charge in [0.1, 0.15) is 11.9 Å². The third-order valence-corrected chi connectivity index (χ3v) is 7.78. The zero-order valence-corrected chi connectivity index (χ0v) is 26.7. The highest BCUT2D eigenvalue weighted by Gasteiger charge is 2.27. The zero-order chi connectivity index (χ0) is 33.6. The first-order valence-corrected chi connectivity index (χ1v) is 15.4. The summed E-state index contributed by atoms with van der Waals surface area (Å²) in [5, 5.41) is 23.1. The van der Waals surface area contributed by atoms with Crippen LogP contribution in [-0.4, -0.2) is 50.0 Å². The minimum absolute atomic E-state index is 0.252. The van der Waals surface area contributed by atoms with Gasteiger partial charge in [0, 0.05) is 34.9 Å². The van der Waals surface area contributed by atoms with E-state index in [-0.39, 0.29) is 18.5 Å². The predicted molar refractivity (Wildman–Crippen MR) is 187 cm³/mol. The molecule has 1 unspecified atom stereocenters. The van der Waals surface area contributed by atoms with Crippen LogP contribution in [0, 0.1) is 13.8 Å². The number of pyridine rings is 1. The molecule has 4 heterocycles. The standard InChI is InChI=1S/C36H35N9O3/c1-22-12-14-28(41-34(47)26-10-7-11-30(25-8-5-4-6-9-25)40-24(3)33(46)37-17-16-26)18-31(22)45-21-27-19-39-35(43-32(27)44-36(45)48)42-29-15-13-23(2)38-20-29/h4-20,24,34,41,47H,21H2,1-3H3,(H,37,46)(H2,39,42,43,44,48)/b11-7+,17-16?,26-10?,40-30?/t24-,34?/m0/s1. The number of aliphatic imine (C=N–C) groups is 1. The maximum absolute atomic E-state index is 13.3. The number of nitrogens with zero attached hydrogens (tertiary/aromatic N) is 5. The molecule has 0 fully saturated rings. The van der Waals surface area contributed by atoms with Crippen LogP contribution in [0.1, 0.15) is 29.3 Å². The molecule has 2 aromatic heterocycles. The molecule has 4 aromatic rings. The van der Waals surface area contributed by atoms with Crippen molar-refractivity contribution in [1.82, 2.24) is 20.3 Å². The Kier molecular flexibility index (Phi) is 9.35. The largest absolute Gasteiger partial charge is 0.369 e. The van der Waals surface area contributed by atoms with Crippen molar-refractivity contribution in [3.8, 4) is 0 Å². The van der Waals surface area contributed by atoms with Crippen LogP contribution in [0.15, 0.2) is 114 Å². The number of aryl methyl sites for hydroxylation is 2. The Bertz CT molecular complexity index is 1950. The molecule has 2 aliphatic rings. The minimum atomic E-state index is -1.15. The van der Waals surface area contributed by atoms with Gasteiger partial charge in [-0.05, 0) is 68.3 Å². The number of anilines is 5. The number of allylic oxidation sites excluding steroid dienone is 3. The molecular weight excluding hydrogens is 606 g/mol. The summed E-state index contributed by atoms with van der Waals surface area (Å²) in [4.78, 5) is 45.4. The Morgan fingerprint density at radius 1 is 0.979 bits per heavy atom.